The Morgan fingerprint density at radius 3 is 2.36 bits per heavy atom. The van der Waals surface area contributed by atoms with Gasteiger partial charge < -0.3 is 29.5 Å². The molecular formula is C32H32ClF3N2O6. The van der Waals surface area contributed by atoms with E-state index < -0.39 is 17.4 Å². The predicted octanol–water partition coefficient (Wildman–Crippen LogP) is 5.86. The summed E-state index contributed by atoms with van der Waals surface area (Å²) >= 11 is 5.69. The molecule has 2 N–H and O–H groups in total. The van der Waals surface area contributed by atoms with Gasteiger partial charge in [0.15, 0.2) is 17.4 Å². The van der Waals surface area contributed by atoms with Crippen LogP contribution in [0.15, 0.2) is 60.2 Å². The summed E-state index contributed by atoms with van der Waals surface area (Å²) in [4.78, 5) is 24.0. The minimum atomic E-state index is -0.953. The number of ether oxygens (including phenoxy) is 3. The monoisotopic (exact) mass is 632 g/mol. The number of hydrogen-bond donors (Lipinski definition) is 2. The second kappa shape index (κ2) is 15.5. The van der Waals surface area contributed by atoms with E-state index in [-0.39, 0.29) is 49.0 Å². The van der Waals surface area contributed by atoms with E-state index in [9.17, 15) is 18.0 Å². The van der Waals surface area contributed by atoms with Gasteiger partial charge in [-0.25, -0.2) is 13.2 Å². The van der Waals surface area contributed by atoms with Gasteiger partial charge in [0.25, 0.3) is 12.4 Å². The van der Waals surface area contributed by atoms with E-state index in [1.165, 1.54) is 13.2 Å². The number of hydrogen-bond acceptors (Lipinski definition) is 6. The highest BCUT2D eigenvalue weighted by Crippen LogP contribution is 2.34. The summed E-state index contributed by atoms with van der Waals surface area (Å²) in [7, 11) is 1.53. The summed E-state index contributed by atoms with van der Waals surface area (Å²) in [5.41, 5.74) is 2.91. The van der Waals surface area contributed by atoms with Crippen LogP contribution in [0.5, 0.6) is 17.2 Å². The van der Waals surface area contributed by atoms with E-state index in [2.05, 4.69) is 5.32 Å². The summed E-state index contributed by atoms with van der Waals surface area (Å²) in [6, 6.07) is 14.1. The van der Waals surface area contributed by atoms with Crippen LogP contribution in [0.4, 0.5) is 13.2 Å². The van der Waals surface area contributed by atoms with Crippen LogP contribution in [0.3, 0.4) is 0 Å². The first-order valence-electron chi connectivity index (χ1n) is 13.9. The molecule has 234 valence electrons. The fourth-order valence-electron chi connectivity index (χ4n) is 4.81. The molecule has 0 saturated heterocycles. The SMILES string of the molecule is COc1ccc(F)c(CN(C(=O)C2=C(c3ccc(OCCOc4c(F)ccc(Cl)c4F)cc3)CCNC2)C2CC2)c1.O=CO. The maximum Gasteiger partial charge on any atom is 0.290 e. The van der Waals surface area contributed by atoms with Crippen molar-refractivity contribution in [1.29, 1.82) is 0 Å². The molecule has 44 heavy (non-hydrogen) atoms. The Kier molecular flexibility index (Phi) is 11.5. The Balaban J connectivity index is 0.00000141. The van der Waals surface area contributed by atoms with Crippen molar-refractivity contribution in [2.45, 2.75) is 31.8 Å². The van der Waals surface area contributed by atoms with Gasteiger partial charge in [-0.15, -0.1) is 0 Å². The van der Waals surface area contributed by atoms with Crippen LogP contribution in [-0.2, 0) is 16.1 Å². The van der Waals surface area contributed by atoms with Crippen LogP contribution in [-0.4, -0.2) is 61.8 Å². The molecule has 3 aromatic rings. The van der Waals surface area contributed by atoms with Crippen molar-refractivity contribution in [2.75, 3.05) is 33.4 Å². The zero-order chi connectivity index (χ0) is 31.6. The number of methoxy groups -OCH3 is 1. The number of carboxylic acid groups (broad SMARTS) is 1. The number of halogens is 4. The molecule has 12 heteroatoms. The van der Waals surface area contributed by atoms with Gasteiger partial charge in [-0.05, 0) is 79.4 Å². The second-order valence-electron chi connectivity index (χ2n) is 10.0. The van der Waals surface area contributed by atoms with Crippen LogP contribution in [0.2, 0.25) is 5.02 Å². The molecule has 0 bridgehead atoms. The van der Waals surface area contributed by atoms with Gasteiger partial charge in [0.05, 0.1) is 12.1 Å². The summed E-state index contributed by atoms with van der Waals surface area (Å²) in [5.74, 6) is -1.72. The molecule has 0 radical (unpaired) electrons. The van der Waals surface area contributed by atoms with Crippen LogP contribution >= 0.6 is 11.6 Å². The van der Waals surface area contributed by atoms with Crippen LogP contribution in [0.25, 0.3) is 5.57 Å². The van der Waals surface area contributed by atoms with Crippen molar-refractivity contribution in [2.24, 2.45) is 0 Å². The Labute approximate surface area is 258 Å². The van der Waals surface area contributed by atoms with Crippen LogP contribution < -0.4 is 19.5 Å². The second-order valence-corrected chi connectivity index (χ2v) is 10.4. The summed E-state index contributed by atoms with van der Waals surface area (Å²) in [5, 5.41) is 9.96. The number of rotatable bonds is 11. The highest BCUT2D eigenvalue weighted by atomic mass is 35.5. The average Bonchev–Trinajstić information content (AvgIpc) is 3.88. The van der Waals surface area contributed by atoms with Gasteiger partial charge in [0, 0.05) is 30.3 Å². The van der Waals surface area contributed by atoms with Gasteiger partial charge in [0.1, 0.15) is 30.5 Å². The lowest BCUT2D eigenvalue weighted by atomic mass is 9.93. The normalized spacial score (nSPS) is 14.3. The number of benzene rings is 3. The molecule has 0 unspecified atom stereocenters. The van der Waals surface area contributed by atoms with E-state index in [1.807, 2.05) is 12.1 Å². The van der Waals surface area contributed by atoms with E-state index >= 15 is 0 Å². The smallest absolute Gasteiger partial charge is 0.290 e. The molecule has 3 aromatic carbocycles. The number of nitrogens with zero attached hydrogens (tertiary/aromatic N) is 1. The van der Waals surface area contributed by atoms with Crippen LogP contribution in [0, 0.1) is 17.5 Å². The highest BCUT2D eigenvalue weighted by molar-refractivity contribution is 6.30. The molecule has 1 aliphatic carbocycles. The standard InChI is InChI=1S/C31H30ClF3N2O4.CH2O2/c1-39-23-8-10-27(33)20(16-23)18-37(21-4-5-21)31(38)25-17-36-13-12-24(25)19-2-6-22(7-3-19)40-14-15-41-30-28(34)11-9-26(32)29(30)35;2-1-3/h2-3,6-11,16,21,36H,4-5,12-15,17-18H2,1H3;1H,(H,2,3). The predicted molar refractivity (Wildman–Crippen MR) is 158 cm³/mol. The van der Waals surface area contributed by atoms with E-state index in [4.69, 9.17) is 35.7 Å². The van der Waals surface area contributed by atoms with Crippen LogP contribution in [0.1, 0.15) is 30.4 Å². The molecule has 8 nitrogen and oxygen atoms in total. The molecule has 1 heterocycles. The first-order valence-corrected chi connectivity index (χ1v) is 14.3. The summed E-state index contributed by atoms with van der Waals surface area (Å²) < 4.78 is 58.5. The lowest BCUT2D eigenvalue weighted by Gasteiger charge is -2.28. The van der Waals surface area contributed by atoms with E-state index in [1.54, 1.807) is 29.2 Å². The molecule has 1 fully saturated rings. The lowest BCUT2D eigenvalue weighted by molar-refractivity contribution is -0.128. The quantitative estimate of drug-likeness (QED) is 0.155. The molecule has 5 rings (SSSR count). The van der Waals surface area contributed by atoms with Gasteiger partial charge in [-0.3, -0.25) is 9.59 Å². The maximum atomic E-state index is 14.6. The molecule has 1 saturated carbocycles. The molecule has 0 spiro atoms. The topological polar surface area (TPSA) is 97.3 Å². The van der Waals surface area contributed by atoms with Gasteiger partial charge in [-0.1, -0.05) is 23.7 Å². The first-order chi connectivity index (χ1) is 21.3. The lowest BCUT2D eigenvalue weighted by Crippen LogP contribution is -2.39. The third kappa shape index (κ3) is 8.23. The average molecular weight is 633 g/mol. The van der Waals surface area contributed by atoms with Gasteiger partial charge in [0.2, 0.25) is 0 Å². The van der Waals surface area contributed by atoms with Crippen molar-refractivity contribution in [3.8, 4) is 17.2 Å². The zero-order valence-corrected chi connectivity index (χ0v) is 24.7. The molecular weight excluding hydrogens is 601 g/mol. The Morgan fingerprint density at radius 2 is 1.68 bits per heavy atom. The third-order valence-corrected chi connectivity index (χ3v) is 7.41. The first kappa shape index (κ1) is 32.7. The minimum absolute atomic E-state index is 0.0538. The molecule has 1 amide bonds. The zero-order valence-electron chi connectivity index (χ0n) is 24.0. The van der Waals surface area contributed by atoms with Crippen molar-refractivity contribution in [1.82, 2.24) is 10.2 Å². The Morgan fingerprint density at radius 1 is 1.02 bits per heavy atom. The van der Waals surface area contributed by atoms with Crippen molar-refractivity contribution in [3.63, 3.8) is 0 Å². The fraction of sp³-hybridized carbons (Fsp3) is 0.312. The molecule has 2 aliphatic rings. The summed E-state index contributed by atoms with van der Waals surface area (Å²) in [6.45, 7) is 1.03. The molecule has 0 aromatic heterocycles. The molecule has 1 aliphatic heterocycles. The summed E-state index contributed by atoms with van der Waals surface area (Å²) in [6.07, 6.45) is 2.44. The van der Waals surface area contributed by atoms with E-state index in [0.29, 0.717) is 35.6 Å². The third-order valence-electron chi connectivity index (χ3n) is 7.12. The number of nitrogens with one attached hydrogen (secondary N) is 1. The van der Waals surface area contributed by atoms with Crippen molar-refractivity contribution >= 4 is 29.6 Å². The van der Waals surface area contributed by atoms with E-state index in [0.717, 1.165) is 42.7 Å². The minimum Gasteiger partial charge on any atom is -0.497 e. The van der Waals surface area contributed by atoms with Crippen molar-refractivity contribution < 1.29 is 42.1 Å². The Hall–Kier alpha value is -4.22. The number of carbonyl (C=O) groups is 2. The highest BCUT2D eigenvalue weighted by Gasteiger charge is 2.36. The van der Waals surface area contributed by atoms with Crippen molar-refractivity contribution in [3.05, 3.63) is 93.8 Å². The number of carbonyl (C=O) groups excluding carboxylic acids is 1. The van der Waals surface area contributed by atoms with Gasteiger partial charge in [-0.2, -0.15) is 0 Å². The fourth-order valence-corrected chi connectivity index (χ4v) is 4.96. The molecule has 0 atom stereocenters. The Bertz CT molecular complexity index is 1500. The maximum absolute atomic E-state index is 14.6. The largest absolute Gasteiger partial charge is 0.497 e. The van der Waals surface area contributed by atoms with Gasteiger partial charge >= 0.3 is 0 Å². The number of amides is 1.